The van der Waals surface area contributed by atoms with Gasteiger partial charge in [0.2, 0.25) is 0 Å². The highest BCUT2D eigenvalue weighted by molar-refractivity contribution is 6.31. The van der Waals surface area contributed by atoms with Crippen molar-refractivity contribution in [3.05, 3.63) is 52.9 Å². The molecule has 94 valence electrons. The van der Waals surface area contributed by atoms with Crippen molar-refractivity contribution in [3.8, 4) is 0 Å². The van der Waals surface area contributed by atoms with Crippen molar-refractivity contribution in [2.24, 2.45) is 0 Å². The Hall–Kier alpha value is -1.61. The predicted molar refractivity (Wildman–Crippen MR) is 74.9 cm³/mol. The van der Waals surface area contributed by atoms with Crippen molar-refractivity contribution >= 4 is 17.4 Å². The number of nitrogens with zero attached hydrogens (tertiary/aromatic N) is 2. The maximum Gasteiger partial charge on any atom is 0.171 e. The van der Waals surface area contributed by atoms with Gasteiger partial charge in [-0.15, -0.1) is 0 Å². The lowest BCUT2D eigenvalue weighted by molar-refractivity contribution is 0.870. The summed E-state index contributed by atoms with van der Waals surface area (Å²) in [4.78, 5) is 8.17. The molecule has 1 aromatic carbocycles. The van der Waals surface area contributed by atoms with Crippen LogP contribution in [0.5, 0.6) is 0 Å². The molecule has 0 radical (unpaired) electrons. The molecule has 0 aliphatic carbocycles. The summed E-state index contributed by atoms with van der Waals surface area (Å²) >= 11 is 5.97. The quantitative estimate of drug-likeness (QED) is 0.908. The molecule has 1 N–H and O–H groups in total. The fraction of sp³-hybridized carbons (Fsp3) is 0.286. The number of halogens is 1. The zero-order valence-electron chi connectivity index (χ0n) is 10.5. The summed E-state index contributed by atoms with van der Waals surface area (Å²) < 4.78 is 0. The van der Waals surface area contributed by atoms with Crippen LogP contribution in [0.4, 0.5) is 5.82 Å². The van der Waals surface area contributed by atoms with E-state index in [4.69, 9.17) is 11.6 Å². The molecule has 0 amide bonds. The molecule has 4 heteroatoms. The molecular formula is C14H16ClN3. The van der Waals surface area contributed by atoms with E-state index in [2.05, 4.69) is 53.4 Å². The van der Waals surface area contributed by atoms with Crippen LogP contribution in [0.2, 0.25) is 5.15 Å². The number of aromatic nitrogens is 2. The summed E-state index contributed by atoms with van der Waals surface area (Å²) in [6.45, 7) is 4.22. The van der Waals surface area contributed by atoms with Crippen LogP contribution in [0.15, 0.2) is 36.7 Å². The summed E-state index contributed by atoms with van der Waals surface area (Å²) in [5.74, 6) is 0.617. The maximum atomic E-state index is 5.97. The van der Waals surface area contributed by atoms with Gasteiger partial charge >= 0.3 is 0 Å². The molecule has 0 spiro atoms. The minimum absolute atomic E-state index is 0.144. The molecule has 0 saturated heterocycles. The Morgan fingerprint density at radius 2 is 1.83 bits per heavy atom. The van der Waals surface area contributed by atoms with Crippen molar-refractivity contribution in [2.75, 3.05) is 5.32 Å². The van der Waals surface area contributed by atoms with Gasteiger partial charge in [-0.2, -0.15) is 0 Å². The third-order valence-electron chi connectivity index (χ3n) is 2.89. The third-order valence-corrected chi connectivity index (χ3v) is 3.17. The predicted octanol–water partition coefficient (Wildman–Crippen LogP) is 3.87. The van der Waals surface area contributed by atoms with E-state index in [0.29, 0.717) is 11.0 Å². The Balaban J connectivity index is 2.11. The minimum atomic E-state index is 0.144. The van der Waals surface area contributed by atoms with Gasteiger partial charge in [0.05, 0.1) is 6.04 Å². The number of aryl methyl sites for hydroxylation is 1. The van der Waals surface area contributed by atoms with E-state index in [1.807, 2.05) is 0 Å². The molecule has 2 rings (SSSR count). The van der Waals surface area contributed by atoms with E-state index < -0.39 is 0 Å². The Morgan fingerprint density at radius 3 is 2.44 bits per heavy atom. The Morgan fingerprint density at radius 1 is 1.17 bits per heavy atom. The van der Waals surface area contributed by atoms with Gasteiger partial charge in [0.25, 0.3) is 0 Å². The molecular weight excluding hydrogens is 246 g/mol. The van der Waals surface area contributed by atoms with E-state index in [1.54, 1.807) is 12.4 Å². The monoisotopic (exact) mass is 261 g/mol. The number of rotatable bonds is 4. The van der Waals surface area contributed by atoms with Gasteiger partial charge in [-0.1, -0.05) is 42.8 Å². The van der Waals surface area contributed by atoms with Crippen LogP contribution in [0.25, 0.3) is 0 Å². The molecule has 0 fully saturated rings. The first-order chi connectivity index (χ1) is 8.70. The fourth-order valence-corrected chi connectivity index (χ4v) is 1.91. The smallest absolute Gasteiger partial charge is 0.171 e. The second kappa shape index (κ2) is 5.83. The molecule has 0 aliphatic heterocycles. The van der Waals surface area contributed by atoms with Crippen molar-refractivity contribution in [1.29, 1.82) is 0 Å². The van der Waals surface area contributed by atoms with Crippen molar-refractivity contribution in [1.82, 2.24) is 9.97 Å². The van der Waals surface area contributed by atoms with Crippen LogP contribution in [-0.4, -0.2) is 9.97 Å². The number of benzene rings is 1. The first kappa shape index (κ1) is 12.8. The van der Waals surface area contributed by atoms with Crippen LogP contribution in [0.3, 0.4) is 0 Å². The standard InChI is InChI=1S/C14H16ClN3/c1-3-11-4-6-12(7-5-11)10(2)18-14-13(15)16-8-9-17-14/h4-10H,3H2,1-2H3,(H,17,18). The maximum absolute atomic E-state index is 5.97. The molecule has 0 aliphatic rings. The van der Waals surface area contributed by atoms with E-state index in [9.17, 15) is 0 Å². The van der Waals surface area contributed by atoms with Crippen LogP contribution >= 0.6 is 11.6 Å². The SMILES string of the molecule is CCc1ccc(C(C)Nc2nccnc2Cl)cc1. The molecule has 1 unspecified atom stereocenters. The number of anilines is 1. The van der Waals surface area contributed by atoms with Crippen molar-refractivity contribution in [3.63, 3.8) is 0 Å². The normalized spacial score (nSPS) is 12.2. The molecule has 1 atom stereocenters. The summed E-state index contributed by atoms with van der Waals surface area (Å²) in [7, 11) is 0. The van der Waals surface area contributed by atoms with E-state index in [1.165, 1.54) is 11.1 Å². The van der Waals surface area contributed by atoms with Gasteiger partial charge < -0.3 is 5.32 Å². The largest absolute Gasteiger partial charge is 0.361 e. The third kappa shape index (κ3) is 2.99. The second-order valence-corrected chi connectivity index (χ2v) is 4.51. The fourth-order valence-electron chi connectivity index (χ4n) is 1.75. The topological polar surface area (TPSA) is 37.8 Å². The molecule has 3 nitrogen and oxygen atoms in total. The summed E-state index contributed by atoms with van der Waals surface area (Å²) in [5, 5.41) is 3.66. The zero-order valence-corrected chi connectivity index (χ0v) is 11.3. The van der Waals surface area contributed by atoms with Crippen LogP contribution < -0.4 is 5.32 Å². The molecule has 18 heavy (non-hydrogen) atoms. The average Bonchev–Trinajstić information content (AvgIpc) is 2.41. The van der Waals surface area contributed by atoms with Gasteiger partial charge in [-0.3, -0.25) is 0 Å². The second-order valence-electron chi connectivity index (χ2n) is 4.16. The summed E-state index contributed by atoms with van der Waals surface area (Å²) in [6.07, 6.45) is 4.26. The highest BCUT2D eigenvalue weighted by Crippen LogP contribution is 2.22. The lowest BCUT2D eigenvalue weighted by Crippen LogP contribution is -2.08. The Kier molecular flexibility index (Phi) is 4.15. The number of nitrogens with one attached hydrogen (secondary N) is 1. The van der Waals surface area contributed by atoms with Gasteiger partial charge in [0, 0.05) is 12.4 Å². The Bertz CT molecular complexity index is 511. The van der Waals surface area contributed by atoms with E-state index in [-0.39, 0.29) is 6.04 Å². The van der Waals surface area contributed by atoms with Gasteiger partial charge in [0.15, 0.2) is 11.0 Å². The molecule has 0 bridgehead atoms. The molecule has 1 heterocycles. The number of hydrogen-bond donors (Lipinski definition) is 1. The number of hydrogen-bond acceptors (Lipinski definition) is 3. The lowest BCUT2D eigenvalue weighted by Gasteiger charge is -2.15. The van der Waals surface area contributed by atoms with Gasteiger partial charge in [-0.25, -0.2) is 9.97 Å². The van der Waals surface area contributed by atoms with Crippen LogP contribution in [0.1, 0.15) is 31.0 Å². The Labute approximate surface area is 112 Å². The van der Waals surface area contributed by atoms with Gasteiger partial charge in [-0.05, 0) is 24.5 Å². The van der Waals surface area contributed by atoms with E-state index in [0.717, 1.165) is 6.42 Å². The molecule has 1 aromatic heterocycles. The first-order valence-electron chi connectivity index (χ1n) is 6.02. The van der Waals surface area contributed by atoms with Gasteiger partial charge in [0.1, 0.15) is 0 Å². The van der Waals surface area contributed by atoms with Crippen molar-refractivity contribution < 1.29 is 0 Å². The van der Waals surface area contributed by atoms with Crippen molar-refractivity contribution in [2.45, 2.75) is 26.3 Å². The molecule has 0 saturated carbocycles. The van der Waals surface area contributed by atoms with Crippen LogP contribution in [-0.2, 0) is 6.42 Å². The average molecular weight is 262 g/mol. The summed E-state index contributed by atoms with van der Waals surface area (Å²) in [6, 6.07) is 8.68. The lowest BCUT2D eigenvalue weighted by atomic mass is 10.1. The van der Waals surface area contributed by atoms with E-state index >= 15 is 0 Å². The first-order valence-corrected chi connectivity index (χ1v) is 6.40. The highest BCUT2D eigenvalue weighted by Gasteiger charge is 2.08. The highest BCUT2D eigenvalue weighted by atomic mass is 35.5. The minimum Gasteiger partial charge on any atom is -0.361 e. The van der Waals surface area contributed by atoms with Crippen LogP contribution in [0, 0.1) is 0 Å². The zero-order chi connectivity index (χ0) is 13.0. The summed E-state index contributed by atoms with van der Waals surface area (Å²) in [5.41, 5.74) is 2.54. The molecule has 2 aromatic rings.